The van der Waals surface area contributed by atoms with Crippen LogP contribution in [0.1, 0.15) is 16.1 Å². The molecule has 5 nitrogen and oxygen atoms in total. The van der Waals surface area contributed by atoms with Crippen LogP contribution in [-0.2, 0) is 6.18 Å². The van der Waals surface area contributed by atoms with Crippen LogP contribution in [0.25, 0.3) is 5.82 Å². The second-order valence-electron chi connectivity index (χ2n) is 3.47. The third kappa shape index (κ3) is 2.85. The van der Waals surface area contributed by atoms with Gasteiger partial charge in [0.1, 0.15) is 11.3 Å². The molecule has 0 spiro atoms. The smallest absolute Gasteiger partial charge is 0.433 e. The zero-order valence-electron chi connectivity index (χ0n) is 9.02. The first kappa shape index (κ1) is 13.8. The first-order chi connectivity index (χ1) is 8.79. The number of hydrogen-bond acceptors (Lipinski definition) is 3. The molecule has 0 unspecified atom stereocenters. The van der Waals surface area contributed by atoms with E-state index in [0.717, 1.165) is 10.7 Å². The van der Waals surface area contributed by atoms with Crippen molar-refractivity contribution in [1.82, 2.24) is 14.8 Å². The Morgan fingerprint density at radius 1 is 1.37 bits per heavy atom. The number of rotatable bonds is 2. The molecule has 0 aromatic carbocycles. The number of carbonyl (C=O) groups is 1. The van der Waals surface area contributed by atoms with Crippen molar-refractivity contribution in [2.75, 3.05) is 0 Å². The van der Waals surface area contributed by atoms with Gasteiger partial charge < -0.3 is 5.11 Å². The number of carboxylic acids is 1. The van der Waals surface area contributed by atoms with E-state index in [-0.39, 0.29) is 11.4 Å². The molecular weight excluding hydrogens is 378 g/mol. The van der Waals surface area contributed by atoms with E-state index in [1.807, 2.05) is 22.6 Å². The minimum atomic E-state index is -4.65. The highest BCUT2D eigenvalue weighted by atomic mass is 127. The van der Waals surface area contributed by atoms with Gasteiger partial charge in [0.15, 0.2) is 5.82 Å². The number of pyridine rings is 1. The lowest BCUT2D eigenvalue weighted by Crippen LogP contribution is -2.14. The van der Waals surface area contributed by atoms with Gasteiger partial charge in [0, 0.05) is 6.20 Å². The Hall–Kier alpha value is -1.65. The minimum absolute atomic E-state index is 0.354. The van der Waals surface area contributed by atoms with Crippen molar-refractivity contribution in [2.45, 2.75) is 6.18 Å². The summed E-state index contributed by atoms with van der Waals surface area (Å²) in [6, 6.07) is 1.49. The van der Waals surface area contributed by atoms with Gasteiger partial charge in [-0.3, -0.25) is 0 Å². The molecule has 2 aromatic heterocycles. The standard InChI is InChI=1S/C10H5F3IN3O2/c11-10(12,13)7-2-1-6(9(18)19)8(16-7)17-4-5(14)3-15-17/h1-4H,(H,18,19). The number of hydrogen-bond donors (Lipinski definition) is 1. The highest BCUT2D eigenvalue weighted by molar-refractivity contribution is 14.1. The number of halogens is 4. The van der Waals surface area contributed by atoms with Gasteiger partial charge in [-0.1, -0.05) is 0 Å². The van der Waals surface area contributed by atoms with Crippen LogP contribution in [0.2, 0.25) is 0 Å². The van der Waals surface area contributed by atoms with Crippen LogP contribution in [0.5, 0.6) is 0 Å². The van der Waals surface area contributed by atoms with Crippen LogP contribution >= 0.6 is 22.6 Å². The first-order valence-electron chi connectivity index (χ1n) is 4.81. The topological polar surface area (TPSA) is 68.0 Å². The van der Waals surface area contributed by atoms with Crippen molar-refractivity contribution in [3.63, 3.8) is 0 Å². The number of aromatic carboxylic acids is 1. The van der Waals surface area contributed by atoms with Gasteiger partial charge in [-0.15, -0.1) is 0 Å². The number of nitrogens with zero attached hydrogens (tertiary/aromatic N) is 3. The van der Waals surface area contributed by atoms with Gasteiger partial charge in [-0.05, 0) is 34.7 Å². The van der Waals surface area contributed by atoms with Crippen LogP contribution in [0.4, 0.5) is 13.2 Å². The summed E-state index contributed by atoms with van der Waals surface area (Å²) in [5.41, 5.74) is -1.52. The summed E-state index contributed by atoms with van der Waals surface area (Å²) in [4.78, 5) is 14.3. The summed E-state index contributed by atoms with van der Waals surface area (Å²) in [7, 11) is 0. The molecule has 0 atom stereocenters. The van der Waals surface area contributed by atoms with E-state index in [0.29, 0.717) is 9.64 Å². The number of aromatic nitrogens is 3. The van der Waals surface area contributed by atoms with Crippen LogP contribution in [0, 0.1) is 3.57 Å². The Labute approximate surface area is 118 Å². The van der Waals surface area contributed by atoms with E-state index in [1.165, 1.54) is 12.4 Å². The maximum absolute atomic E-state index is 12.6. The SMILES string of the molecule is O=C(O)c1ccc(C(F)(F)F)nc1-n1cc(I)cn1. The molecule has 0 saturated carbocycles. The lowest BCUT2D eigenvalue weighted by Gasteiger charge is -2.10. The second-order valence-corrected chi connectivity index (χ2v) is 4.72. The Balaban J connectivity index is 2.64. The van der Waals surface area contributed by atoms with Crippen molar-refractivity contribution in [1.29, 1.82) is 0 Å². The van der Waals surface area contributed by atoms with Crippen LogP contribution in [-0.4, -0.2) is 25.8 Å². The van der Waals surface area contributed by atoms with E-state index in [1.54, 1.807) is 0 Å². The predicted octanol–water partition coefficient (Wildman–Crippen LogP) is 2.59. The summed E-state index contributed by atoms with van der Waals surface area (Å²) in [6.07, 6.45) is -1.88. The minimum Gasteiger partial charge on any atom is -0.478 e. The molecule has 0 radical (unpaired) electrons. The van der Waals surface area contributed by atoms with Crippen molar-refractivity contribution in [3.05, 3.63) is 39.4 Å². The Morgan fingerprint density at radius 2 is 2.05 bits per heavy atom. The summed E-state index contributed by atoms with van der Waals surface area (Å²) in [6.45, 7) is 0. The van der Waals surface area contributed by atoms with Gasteiger partial charge in [0.2, 0.25) is 0 Å². The molecule has 0 aliphatic carbocycles. The quantitative estimate of drug-likeness (QED) is 0.810. The summed E-state index contributed by atoms with van der Waals surface area (Å²) < 4.78 is 39.4. The van der Waals surface area contributed by atoms with Gasteiger partial charge >= 0.3 is 12.1 Å². The summed E-state index contributed by atoms with van der Waals surface area (Å²) in [5, 5.41) is 12.7. The number of carboxylic acid groups (broad SMARTS) is 1. The lowest BCUT2D eigenvalue weighted by molar-refractivity contribution is -0.141. The van der Waals surface area contributed by atoms with Gasteiger partial charge in [0.25, 0.3) is 0 Å². The Morgan fingerprint density at radius 3 is 2.53 bits per heavy atom. The highest BCUT2D eigenvalue weighted by Gasteiger charge is 2.33. The van der Waals surface area contributed by atoms with Crippen LogP contribution in [0.3, 0.4) is 0 Å². The summed E-state index contributed by atoms with van der Waals surface area (Å²) in [5.74, 6) is -1.74. The zero-order chi connectivity index (χ0) is 14.2. The molecule has 0 saturated heterocycles. The molecule has 0 bridgehead atoms. The van der Waals surface area contributed by atoms with E-state index in [4.69, 9.17) is 5.11 Å². The predicted molar refractivity (Wildman–Crippen MR) is 66.0 cm³/mol. The van der Waals surface area contributed by atoms with Crippen molar-refractivity contribution < 1.29 is 23.1 Å². The maximum Gasteiger partial charge on any atom is 0.433 e. The largest absolute Gasteiger partial charge is 0.478 e. The van der Waals surface area contributed by atoms with Crippen LogP contribution in [0.15, 0.2) is 24.5 Å². The lowest BCUT2D eigenvalue weighted by atomic mass is 10.2. The molecular formula is C10H5F3IN3O2. The van der Waals surface area contributed by atoms with E-state index >= 15 is 0 Å². The molecule has 2 rings (SSSR count). The molecule has 2 aromatic rings. The van der Waals surface area contributed by atoms with E-state index < -0.39 is 17.8 Å². The normalized spacial score (nSPS) is 11.6. The van der Waals surface area contributed by atoms with Gasteiger partial charge in [-0.25, -0.2) is 14.5 Å². The summed E-state index contributed by atoms with van der Waals surface area (Å²) >= 11 is 1.90. The molecule has 0 aliphatic rings. The fourth-order valence-corrected chi connectivity index (χ4v) is 1.75. The molecule has 9 heteroatoms. The van der Waals surface area contributed by atoms with E-state index in [9.17, 15) is 18.0 Å². The molecule has 0 amide bonds. The van der Waals surface area contributed by atoms with Gasteiger partial charge in [-0.2, -0.15) is 18.3 Å². The van der Waals surface area contributed by atoms with Crippen molar-refractivity contribution in [3.8, 4) is 5.82 Å². The molecule has 1 N–H and O–H groups in total. The highest BCUT2D eigenvalue weighted by Crippen LogP contribution is 2.29. The fourth-order valence-electron chi connectivity index (χ4n) is 1.36. The fraction of sp³-hybridized carbons (Fsp3) is 0.100. The third-order valence-electron chi connectivity index (χ3n) is 2.16. The monoisotopic (exact) mass is 383 g/mol. The molecule has 2 heterocycles. The van der Waals surface area contributed by atoms with Gasteiger partial charge in [0.05, 0.1) is 9.77 Å². The Bertz CT molecular complexity index is 639. The molecule has 0 fully saturated rings. The number of alkyl halides is 3. The van der Waals surface area contributed by atoms with Crippen molar-refractivity contribution >= 4 is 28.6 Å². The Kier molecular flexibility index (Phi) is 3.47. The van der Waals surface area contributed by atoms with Crippen LogP contribution < -0.4 is 0 Å². The average molecular weight is 383 g/mol. The average Bonchev–Trinajstić information content (AvgIpc) is 2.73. The molecule has 0 aliphatic heterocycles. The first-order valence-corrected chi connectivity index (χ1v) is 5.89. The van der Waals surface area contributed by atoms with Crippen molar-refractivity contribution in [2.24, 2.45) is 0 Å². The van der Waals surface area contributed by atoms with E-state index in [2.05, 4.69) is 10.1 Å². The molecule has 19 heavy (non-hydrogen) atoms. The maximum atomic E-state index is 12.6. The molecule has 100 valence electrons. The third-order valence-corrected chi connectivity index (χ3v) is 2.72. The zero-order valence-corrected chi connectivity index (χ0v) is 11.2. The second kappa shape index (κ2) is 4.79.